The van der Waals surface area contributed by atoms with E-state index in [1.807, 2.05) is 47.2 Å². The molecule has 3 N–H and O–H groups in total. The van der Waals surface area contributed by atoms with Gasteiger partial charge in [-0.25, -0.2) is 9.97 Å². The number of halogens is 1. The molecule has 0 spiro atoms. The van der Waals surface area contributed by atoms with Gasteiger partial charge in [-0.3, -0.25) is 9.59 Å². The van der Waals surface area contributed by atoms with Gasteiger partial charge in [-0.1, -0.05) is 23.7 Å². The van der Waals surface area contributed by atoms with E-state index < -0.39 is 24.0 Å². The maximum absolute atomic E-state index is 13.4. The number of aliphatic hydroxyl groups is 2. The number of amides is 2. The van der Waals surface area contributed by atoms with Crippen molar-refractivity contribution < 1.29 is 19.8 Å². The minimum atomic E-state index is -1.90. The average Bonchev–Trinajstić information content (AvgIpc) is 3.78. The van der Waals surface area contributed by atoms with Gasteiger partial charge in [0.15, 0.2) is 12.2 Å². The van der Waals surface area contributed by atoms with Crippen LogP contribution in [0.5, 0.6) is 0 Å². The van der Waals surface area contributed by atoms with Crippen LogP contribution in [0.15, 0.2) is 47.8 Å². The number of imidazole rings is 1. The first kappa shape index (κ1) is 31.4. The Labute approximate surface area is 271 Å². The van der Waals surface area contributed by atoms with Gasteiger partial charge in [0, 0.05) is 48.8 Å². The van der Waals surface area contributed by atoms with Crippen LogP contribution in [0.4, 0.5) is 5.69 Å². The average molecular weight is 652 g/mol. The van der Waals surface area contributed by atoms with Gasteiger partial charge in [0.05, 0.1) is 35.9 Å². The van der Waals surface area contributed by atoms with Gasteiger partial charge < -0.3 is 34.8 Å². The number of hydrogen-bond donors (Lipinski definition) is 3. The second-order valence-corrected chi connectivity index (χ2v) is 13.2. The molecule has 2 saturated heterocycles. The molecule has 2 amide bonds. The van der Waals surface area contributed by atoms with E-state index in [4.69, 9.17) is 11.6 Å². The van der Waals surface area contributed by atoms with Crippen molar-refractivity contribution in [3.05, 3.63) is 75.0 Å². The number of rotatable bonds is 9. The molecule has 2 aliphatic heterocycles. The third-order valence-corrected chi connectivity index (χ3v) is 9.85. The van der Waals surface area contributed by atoms with E-state index >= 15 is 0 Å². The molecule has 238 valence electrons. The molecular weight excluding hydrogens is 614 g/mol. The van der Waals surface area contributed by atoms with E-state index in [1.165, 1.54) is 11.3 Å². The van der Waals surface area contributed by atoms with Gasteiger partial charge in [0.2, 0.25) is 0 Å². The van der Waals surface area contributed by atoms with Crippen LogP contribution in [0.1, 0.15) is 41.0 Å². The summed E-state index contributed by atoms with van der Waals surface area (Å²) in [6.07, 6.45) is -2.24. The van der Waals surface area contributed by atoms with Crippen molar-refractivity contribution in [1.82, 2.24) is 29.7 Å². The maximum atomic E-state index is 13.4. The van der Waals surface area contributed by atoms with E-state index in [0.29, 0.717) is 23.1 Å². The summed E-state index contributed by atoms with van der Waals surface area (Å²) in [5, 5.41) is 27.2. The van der Waals surface area contributed by atoms with Crippen molar-refractivity contribution in [2.24, 2.45) is 0 Å². The number of carbonyl (C=O) groups is 2. The van der Waals surface area contributed by atoms with E-state index in [2.05, 4.69) is 44.3 Å². The molecular formula is C32H38ClN7O4S. The lowest BCUT2D eigenvalue weighted by Crippen LogP contribution is -2.50. The largest absolute Gasteiger partial charge is 0.380 e. The second kappa shape index (κ2) is 13.4. The predicted molar refractivity (Wildman–Crippen MR) is 174 cm³/mol. The molecule has 1 unspecified atom stereocenters. The molecule has 2 aromatic heterocycles. The predicted octanol–water partition coefficient (Wildman–Crippen LogP) is 2.96. The fraction of sp³-hybridized carbons (Fsp3) is 0.438. The van der Waals surface area contributed by atoms with Crippen molar-refractivity contribution in [1.29, 1.82) is 0 Å². The van der Waals surface area contributed by atoms with E-state index in [1.54, 1.807) is 4.90 Å². The first-order valence-corrected chi connectivity index (χ1v) is 16.5. The van der Waals surface area contributed by atoms with Gasteiger partial charge in [0.1, 0.15) is 10.8 Å². The van der Waals surface area contributed by atoms with Crippen LogP contribution in [0.3, 0.4) is 0 Å². The molecule has 0 bridgehead atoms. The Bertz CT molecular complexity index is 1680. The number of aryl methyl sites for hydroxylation is 1. The fourth-order valence-electron chi connectivity index (χ4n) is 6.17. The highest BCUT2D eigenvalue weighted by Crippen LogP contribution is 2.34. The Balaban J connectivity index is 1.05. The first-order valence-electron chi connectivity index (χ1n) is 15.2. The summed E-state index contributed by atoms with van der Waals surface area (Å²) in [4.78, 5) is 41.6. The molecule has 6 rings (SSSR count). The number of piperazine rings is 1. The molecule has 3 atom stereocenters. The number of aromatic nitrogens is 3. The maximum Gasteiger partial charge on any atom is 0.255 e. The van der Waals surface area contributed by atoms with E-state index in [9.17, 15) is 19.8 Å². The highest BCUT2D eigenvalue weighted by Gasteiger charge is 2.38. The number of thiazole rings is 1. The summed E-state index contributed by atoms with van der Waals surface area (Å²) in [6.45, 7) is 6.80. The molecule has 11 nitrogen and oxygen atoms in total. The molecule has 4 heterocycles. The van der Waals surface area contributed by atoms with Crippen molar-refractivity contribution in [2.45, 2.75) is 51.1 Å². The second-order valence-electron chi connectivity index (χ2n) is 11.8. The van der Waals surface area contributed by atoms with Gasteiger partial charge in [-0.15, -0.1) is 11.3 Å². The monoisotopic (exact) mass is 651 g/mol. The SMILES string of the molecule is Cc1nc2cc(Cl)ccc2n1Cc1csc(CNC(=O)[C@H](O)[C@@H](O)C(=O)N2CCCC2c2cccc(N3CCN(C)CC3)c2)n1. The van der Waals surface area contributed by atoms with Gasteiger partial charge in [0.25, 0.3) is 11.8 Å². The molecule has 2 fully saturated rings. The number of anilines is 1. The summed E-state index contributed by atoms with van der Waals surface area (Å²) >= 11 is 7.49. The van der Waals surface area contributed by atoms with Crippen LogP contribution in [-0.2, 0) is 22.7 Å². The molecule has 0 aliphatic carbocycles. The Morgan fingerprint density at radius 2 is 1.87 bits per heavy atom. The smallest absolute Gasteiger partial charge is 0.255 e. The van der Waals surface area contributed by atoms with Crippen LogP contribution in [0.25, 0.3) is 11.0 Å². The van der Waals surface area contributed by atoms with Crippen LogP contribution in [0.2, 0.25) is 5.02 Å². The third kappa shape index (κ3) is 6.85. The number of benzene rings is 2. The lowest BCUT2D eigenvalue weighted by Gasteiger charge is -2.35. The Morgan fingerprint density at radius 3 is 2.67 bits per heavy atom. The molecule has 0 saturated carbocycles. The summed E-state index contributed by atoms with van der Waals surface area (Å²) in [7, 11) is 2.12. The van der Waals surface area contributed by atoms with Crippen molar-refractivity contribution >= 4 is 51.5 Å². The molecule has 4 aromatic rings. The Morgan fingerprint density at radius 1 is 1.07 bits per heavy atom. The molecule has 2 aliphatic rings. The number of carbonyl (C=O) groups excluding carboxylic acids is 2. The zero-order valence-corrected chi connectivity index (χ0v) is 27.0. The summed E-state index contributed by atoms with van der Waals surface area (Å²) < 4.78 is 2.04. The zero-order valence-electron chi connectivity index (χ0n) is 25.4. The minimum absolute atomic E-state index is 0.0617. The molecule has 45 heavy (non-hydrogen) atoms. The van der Waals surface area contributed by atoms with Gasteiger partial charge in [-0.05, 0) is 62.7 Å². The lowest BCUT2D eigenvalue weighted by molar-refractivity contribution is -0.153. The van der Waals surface area contributed by atoms with Crippen molar-refractivity contribution in [2.75, 3.05) is 44.7 Å². The Kier molecular flexibility index (Phi) is 9.39. The quantitative estimate of drug-likeness (QED) is 0.252. The fourth-order valence-corrected chi connectivity index (χ4v) is 7.06. The van der Waals surface area contributed by atoms with Crippen LogP contribution in [-0.4, -0.2) is 98.3 Å². The number of nitrogens with zero attached hydrogens (tertiary/aromatic N) is 6. The lowest BCUT2D eigenvalue weighted by atomic mass is 10.0. The molecule has 0 radical (unpaired) electrons. The number of nitrogens with one attached hydrogen (secondary N) is 1. The number of likely N-dealkylation sites (N-methyl/N-ethyl adjacent to an activating group) is 1. The number of hydrogen-bond acceptors (Lipinski definition) is 9. The summed E-state index contributed by atoms with van der Waals surface area (Å²) in [6, 6.07) is 13.6. The van der Waals surface area contributed by atoms with E-state index in [-0.39, 0.29) is 12.6 Å². The highest BCUT2D eigenvalue weighted by molar-refractivity contribution is 7.09. The van der Waals surface area contributed by atoms with Gasteiger partial charge in [-0.2, -0.15) is 0 Å². The normalized spacial score (nSPS) is 18.8. The van der Waals surface area contributed by atoms with Crippen LogP contribution < -0.4 is 10.2 Å². The minimum Gasteiger partial charge on any atom is -0.380 e. The Hall–Kier alpha value is -3.55. The van der Waals surface area contributed by atoms with Crippen molar-refractivity contribution in [3.8, 4) is 0 Å². The molecule has 13 heteroatoms. The molecule has 2 aromatic carbocycles. The van der Waals surface area contributed by atoms with Gasteiger partial charge >= 0.3 is 0 Å². The van der Waals surface area contributed by atoms with Crippen LogP contribution >= 0.6 is 22.9 Å². The van der Waals surface area contributed by atoms with Crippen LogP contribution in [0, 0.1) is 6.92 Å². The standard InChI is InChI=1S/C32H38ClN7O4S/c1-20-35-25-16-22(33)8-9-27(25)40(20)18-23-19-45-28(36-23)17-34-31(43)29(41)30(42)32(44)39-10-4-7-26(39)21-5-3-6-24(15-21)38-13-11-37(2)12-14-38/h3,5-6,8-9,15-16,19,26,29-30,41-42H,4,7,10-14,17-18H2,1-2H3,(H,34,43)/t26?,29-,30-/m1/s1. The zero-order chi connectivity index (χ0) is 31.7. The first-order chi connectivity index (χ1) is 21.7. The number of fused-ring (bicyclic) bond motifs is 1. The highest BCUT2D eigenvalue weighted by atomic mass is 35.5. The summed E-state index contributed by atoms with van der Waals surface area (Å²) in [5.41, 5.74) is 4.66. The van der Waals surface area contributed by atoms with Crippen molar-refractivity contribution in [3.63, 3.8) is 0 Å². The number of aliphatic hydroxyl groups excluding tert-OH is 2. The third-order valence-electron chi connectivity index (χ3n) is 8.71. The summed E-state index contributed by atoms with van der Waals surface area (Å²) in [5.74, 6) is -0.639. The topological polar surface area (TPSA) is 127 Å². The van der Waals surface area contributed by atoms with E-state index in [0.717, 1.165) is 72.8 Å². The number of likely N-dealkylation sites (tertiary alicyclic amines) is 1.